The summed E-state index contributed by atoms with van der Waals surface area (Å²) in [5.41, 5.74) is 3.14. The van der Waals surface area contributed by atoms with Crippen molar-refractivity contribution >= 4 is 18.4 Å². The molecule has 0 aliphatic carbocycles. The first-order valence-corrected chi connectivity index (χ1v) is 5.42. The minimum Gasteiger partial charge on any atom is -0.481 e. The van der Waals surface area contributed by atoms with Gasteiger partial charge in [-0.3, -0.25) is 9.78 Å². The number of halogens is 1. The molecule has 0 fully saturated rings. The van der Waals surface area contributed by atoms with Crippen molar-refractivity contribution in [3.8, 4) is 0 Å². The highest BCUT2D eigenvalue weighted by molar-refractivity contribution is 5.85. The first kappa shape index (κ1) is 14.2. The molecule has 3 nitrogen and oxygen atoms in total. The number of carboxylic acid groups (broad SMARTS) is 1. The van der Waals surface area contributed by atoms with Gasteiger partial charge in [-0.25, -0.2) is 0 Å². The van der Waals surface area contributed by atoms with E-state index in [1.807, 2.05) is 42.6 Å². The Hall–Kier alpha value is -1.87. The van der Waals surface area contributed by atoms with Crippen LogP contribution in [0.4, 0.5) is 0 Å². The van der Waals surface area contributed by atoms with Crippen molar-refractivity contribution < 1.29 is 9.90 Å². The second-order valence-corrected chi connectivity index (χ2v) is 3.93. The third kappa shape index (κ3) is 4.18. The minimum atomic E-state index is -0.801. The minimum absolute atomic E-state index is 0. The fraction of sp³-hybridized carbons (Fsp3) is 0.143. The number of carbonyl (C=O) groups is 1. The van der Waals surface area contributed by atoms with Gasteiger partial charge in [0.1, 0.15) is 0 Å². The van der Waals surface area contributed by atoms with Crippen molar-refractivity contribution in [3.63, 3.8) is 0 Å². The summed E-state index contributed by atoms with van der Waals surface area (Å²) in [7, 11) is 0. The van der Waals surface area contributed by atoms with E-state index >= 15 is 0 Å². The highest BCUT2D eigenvalue weighted by Crippen LogP contribution is 2.10. The van der Waals surface area contributed by atoms with Gasteiger partial charge in [0.05, 0.1) is 6.42 Å². The zero-order valence-corrected chi connectivity index (χ0v) is 10.6. The first-order valence-electron chi connectivity index (χ1n) is 5.42. The molecule has 0 saturated heterocycles. The average Bonchev–Trinajstić information content (AvgIpc) is 2.32. The first-order chi connectivity index (χ1) is 8.24. The molecule has 2 aromatic rings. The molecule has 94 valence electrons. The van der Waals surface area contributed by atoms with Gasteiger partial charge in [0, 0.05) is 12.4 Å². The Bertz CT molecular complexity index is 497. The van der Waals surface area contributed by atoms with Crippen LogP contribution in [-0.2, 0) is 17.6 Å². The van der Waals surface area contributed by atoms with E-state index in [0.29, 0.717) is 0 Å². The zero-order chi connectivity index (χ0) is 12.1. The Balaban J connectivity index is 0.00000162. The normalized spacial score (nSPS) is 9.56. The smallest absolute Gasteiger partial charge is 0.307 e. The van der Waals surface area contributed by atoms with E-state index in [0.717, 1.165) is 23.1 Å². The molecule has 4 heteroatoms. The molecule has 2 rings (SSSR count). The van der Waals surface area contributed by atoms with Crippen LogP contribution in [0.25, 0.3) is 0 Å². The van der Waals surface area contributed by atoms with Gasteiger partial charge in [-0.05, 0) is 29.2 Å². The molecule has 0 spiro atoms. The molecule has 1 N–H and O–H groups in total. The summed E-state index contributed by atoms with van der Waals surface area (Å²) in [5, 5.41) is 8.66. The number of carboxylic acids is 1. The van der Waals surface area contributed by atoms with Crippen LogP contribution in [0.2, 0.25) is 0 Å². The largest absolute Gasteiger partial charge is 0.481 e. The summed E-state index contributed by atoms with van der Waals surface area (Å²) in [5.74, 6) is -0.801. The highest BCUT2D eigenvalue weighted by atomic mass is 35.5. The second kappa shape index (κ2) is 6.77. The number of nitrogens with zero attached hydrogens (tertiary/aromatic N) is 1. The number of hydrogen-bond acceptors (Lipinski definition) is 2. The molecule has 1 heterocycles. The Morgan fingerprint density at radius 3 is 2.28 bits per heavy atom. The molecule has 0 atom stereocenters. The van der Waals surface area contributed by atoms with Crippen LogP contribution in [0.5, 0.6) is 0 Å². The predicted molar refractivity (Wildman–Crippen MR) is 72.1 cm³/mol. The maximum atomic E-state index is 10.5. The lowest BCUT2D eigenvalue weighted by atomic mass is 10.0. The molecule has 0 saturated carbocycles. The van der Waals surface area contributed by atoms with Crippen LogP contribution in [-0.4, -0.2) is 16.1 Å². The van der Waals surface area contributed by atoms with Gasteiger partial charge < -0.3 is 5.11 Å². The fourth-order valence-electron chi connectivity index (χ4n) is 1.69. The van der Waals surface area contributed by atoms with E-state index in [-0.39, 0.29) is 18.8 Å². The molecule has 18 heavy (non-hydrogen) atoms. The third-order valence-corrected chi connectivity index (χ3v) is 2.51. The number of rotatable bonds is 4. The van der Waals surface area contributed by atoms with Gasteiger partial charge in [-0.15, -0.1) is 12.4 Å². The van der Waals surface area contributed by atoms with Gasteiger partial charge in [-0.1, -0.05) is 30.3 Å². The van der Waals surface area contributed by atoms with Crippen LogP contribution < -0.4 is 0 Å². The highest BCUT2D eigenvalue weighted by Gasteiger charge is 2.01. The zero-order valence-electron chi connectivity index (χ0n) is 9.74. The van der Waals surface area contributed by atoms with Crippen molar-refractivity contribution in [1.82, 2.24) is 4.98 Å². The van der Waals surface area contributed by atoms with Gasteiger partial charge in [0.25, 0.3) is 0 Å². The van der Waals surface area contributed by atoms with Gasteiger partial charge in [0.15, 0.2) is 0 Å². The Morgan fingerprint density at radius 1 is 1.06 bits per heavy atom. The van der Waals surface area contributed by atoms with E-state index < -0.39 is 5.97 Å². The summed E-state index contributed by atoms with van der Waals surface area (Å²) < 4.78 is 0. The molecule has 0 bridgehead atoms. The topological polar surface area (TPSA) is 50.2 Å². The van der Waals surface area contributed by atoms with Crippen molar-refractivity contribution in [3.05, 3.63) is 65.5 Å². The van der Waals surface area contributed by atoms with E-state index in [1.165, 1.54) is 0 Å². The summed E-state index contributed by atoms with van der Waals surface area (Å²) in [6.07, 6.45) is 4.49. The molecule has 0 aliphatic rings. The van der Waals surface area contributed by atoms with Gasteiger partial charge in [-0.2, -0.15) is 0 Å². The monoisotopic (exact) mass is 263 g/mol. The fourth-order valence-corrected chi connectivity index (χ4v) is 1.69. The Morgan fingerprint density at radius 2 is 1.72 bits per heavy atom. The van der Waals surface area contributed by atoms with Crippen molar-refractivity contribution in [2.45, 2.75) is 12.8 Å². The SMILES string of the molecule is Cl.O=C(O)Cc1ccc(Cc2cccnc2)cc1. The molecule has 1 aromatic heterocycles. The number of pyridine rings is 1. The quantitative estimate of drug-likeness (QED) is 0.923. The molecule has 0 amide bonds. The molecule has 1 aromatic carbocycles. The third-order valence-electron chi connectivity index (χ3n) is 2.51. The number of aromatic nitrogens is 1. The van der Waals surface area contributed by atoms with E-state index in [2.05, 4.69) is 4.98 Å². The van der Waals surface area contributed by atoms with Gasteiger partial charge in [0.2, 0.25) is 0 Å². The van der Waals surface area contributed by atoms with E-state index in [4.69, 9.17) is 5.11 Å². The number of benzene rings is 1. The lowest BCUT2D eigenvalue weighted by Crippen LogP contribution is -2.00. The molecular weight excluding hydrogens is 250 g/mol. The van der Waals surface area contributed by atoms with Crippen LogP contribution in [0.15, 0.2) is 48.8 Å². The summed E-state index contributed by atoms with van der Waals surface area (Å²) in [6.45, 7) is 0. The maximum absolute atomic E-state index is 10.5. The second-order valence-electron chi connectivity index (χ2n) is 3.93. The van der Waals surface area contributed by atoms with Crippen molar-refractivity contribution in [2.24, 2.45) is 0 Å². The molecule has 0 unspecified atom stereocenters. The van der Waals surface area contributed by atoms with E-state index in [9.17, 15) is 4.79 Å². The Labute approximate surface area is 112 Å². The lowest BCUT2D eigenvalue weighted by molar-refractivity contribution is -0.136. The van der Waals surface area contributed by atoms with Crippen LogP contribution in [0.3, 0.4) is 0 Å². The summed E-state index contributed by atoms with van der Waals surface area (Å²) in [4.78, 5) is 14.6. The Kier molecular flexibility index (Phi) is 5.33. The summed E-state index contributed by atoms with van der Waals surface area (Å²) >= 11 is 0. The number of hydrogen-bond donors (Lipinski definition) is 1. The van der Waals surface area contributed by atoms with Crippen LogP contribution in [0.1, 0.15) is 16.7 Å². The summed E-state index contributed by atoms with van der Waals surface area (Å²) in [6, 6.07) is 11.6. The predicted octanol–water partition coefficient (Wildman–Crippen LogP) is 2.72. The molecule has 0 aliphatic heterocycles. The van der Waals surface area contributed by atoms with Crippen molar-refractivity contribution in [2.75, 3.05) is 0 Å². The molecular formula is C14H14ClNO2. The van der Waals surface area contributed by atoms with Gasteiger partial charge >= 0.3 is 5.97 Å². The van der Waals surface area contributed by atoms with E-state index in [1.54, 1.807) is 6.20 Å². The van der Waals surface area contributed by atoms with Crippen LogP contribution >= 0.6 is 12.4 Å². The maximum Gasteiger partial charge on any atom is 0.307 e. The van der Waals surface area contributed by atoms with Crippen LogP contribution in [0, 0.1) is 0 Å². The standard InChI is InChI=1S/C14H13NO2.ClH/c16-14(17)9-12-5-3-11(4-6-12)8-13-2-1-7-15-10-13;/h1-7,10H,8-9H2,(H,16,17);1H. The molecule has 0 radical (unpaired) electrons. The number of aliphatic carboxylic acids is 1. The van der Waals surface area contributed by atoms with Crippen molar-refractivity contribution in [1.29, 1.82) is 0 Å². The lowest BCUT2D eigenvalue weighted by Gasteiger charge is -2.02. The average molecular weight is 264 g/mol.